The molecule has 1 unspecified atom stereocenters. The van der Waals surface area contributed by atoms with E-state index in [1.54, 1.807) is 12.1 Å². The van der Waals surface area contributed by atoms with Gasteiger partial charge in [0.05, 0.1) is 9.21 Å². The summed E-state index contributed by atoms with van der Waals surface area (Å²) < 4.78 is 0.632. The molecule has 0 fully saturated rings. The first-order valence-electron chi connectivity index (χ1n) is 6.03. The average Bonchev–Trinajstić information content (AvgIpc) is 2.91. The van der Waals surface area contributed by atoms with Crippen LogP contribution in [0.2, 0.25) is 4.34 Å². The van der Waals surface area contributed by atoms with E-state index in [1.165, 1.54) is 11.3 Å². The number of hydrogen-bond acceptors (Lipinski definition) is 3. The van der Waals surface area contributed by atoms with E-state index in [9.17, 15) is 4.79 Å². The molecule has 1 atom stereocenters. The Hall–Kier alpha value is -1.52. The summed E-state index contributed by atoms with van der Waals surface area (Å²) in [5, 5.41) is 0. The van der Waals surface area contributed by atoms with Crippen LogP contribution in [0.25, 0.3) is 0 Å². The zero-order valence-corrected chi connectivity index (χ0v) is 12.0. The van der Waals surface area contributed by atoms with Gasteiger partial charge in [0.25, 0.3) is 5.91 Å². The highest BCUT2D eigenvalue weighted by Gasteiger charge is 2.32. The topological polar surface area (TPSA) is 46.3 Å². The molecule has 0 radical (unpaired) electrons. The molecular formula is C14H13ClN2OS. The molecule has 19 heavy (non-hydrogen) atoms. The van der Waals surface area contributed by atoms with Crippen LogP contribution in [0, 0.1) is 0 Å². The van der Waals surface area contributed by atoms with E-state index >= 15 is 0 Å². The number of halogens is 1. The van der Waals surface area contributed by atoms with Crippen LogP contribution in [0.5, 0.6) is 0 Å². The highest BCUT2D eigenvalue weighted by Crippen LogP contribution is 2.35. The first-order valence-corrected chi connectivity index (χ1v) is 7.23. The molecule has 1 amide bonds. The maximum Gasteiger partial charge on any atom is 0.268 e. The smallest absolute Gasteiger partial charge is 0.268 e. The van der Waals surface area contributed by atoms with Gasteiger partial charge < -0.3 is 10.6 Å². The molecule has 2 heterocycles. The second-order valence-corrected chi connectivity index (χ2v) is 6.44. The minimum absolute atomic E-state index is 0.00733. The predicted octanol–water partition coefficient (Wildman–Crippen LogP) is 3.58. The van der Waals surface area contributed by atoms with E-state index in [2.05, 4.69) is 0 Å². The number of nitrogen functional groups attached to an aromatic ring is 1. The van der Waals surface area contributed by atoms with Crippen molar-refractivity contribution < 1.29 is 4.79 Å². The van der Waals surface area contributed by atoms with Gasteiger partial charge in [0.15, 0.2) is 0 Å². The second-order valence-electron chi connectivity index (χ2n) is 4.72. The maximum atomic E-state index is 12.6. The number of hydrogen-bond donors (Lipinski definition) is 1. The number of carbonyl (C=O) groups excluding carboxylic acids is 1. The van der Waals surface area contributed by atoms with Crippen LogP contribution >= 0.6 is 22.9 Å². The van der Waals surface area contributed by atoms with E-state index in [0.717, 1.165) is 23.4 Å². The summed E-state index contributed by atoms with van der Waals surface area (Å²) in [5.41, 5.74) is 8.61. The number of rotatable bonds is 1. The van der Waals surface area contributed by atoms with Crippen LogP contribution in [0.15, 0.2) is 30.3 Å². The Morgan fingerprint density at radius 2 is 2.21 bits per heavy atom. The van der Waals surface area contributed by atoms with Gasteiger partial charge in [-0.3, -0.25) is 4.79 Å². The fourth-order valence-electron chi connectivity index (χ4n) is 2.51. The first kappa shape index (κ1) is 12.5. The van der Waals surface area contributed by atoms with Crippen molar-refractivity contribution in [3.63, 3.8) is 0 Å². The largest absolute Gasteiger partial charge is 0.399 e. The standard InChI is InChI=1S/C14H13ClN2OS/c1-8-6-9-7-10(16)2-3-11(9)17(8)14(18)12-4-5-13(15)19-12/h2-5,7-8H,6,16H2,1H3. The third-order valence-electron chi connectivity index (χ3n) is 3.32. The molecule has 0 saturated carbocycles. The van der Waals surface area contributed by atoms with Gasteiger partial charge >= 0.3 is 0 Å². The van der Waals surface area contributed by atoms with Crippen LogP contribution < -0.4 is 10.6 Å². The van der Waals surface area contributed by atoms with Crippen molar-refractivity contribution in [1.29, 1.82) is 0 Å². The molecule has 1 aliphatic rings. The molecule has 0 saturated heterocycles. The van der Waals surface area contributed by atoms with Crippen molar-refractivity contribution in [3.8, 4) is 0 Å². The molecule has 3 rings (SSSR count). The fourth-order valence-corrected chi connectivity index (χ4v) is 3.49. The molecule has 1 aliphatic heterocycles. The minimum atomic E-state index is 0.00733. The van der Waals surface area contributed by atoms with Gasteiger partial charge in [-0.05, 0) is 49.2 Å². The van der Waals surface area contributed by atoms with Gasteiger partial charge in [-0.2, -0.15) is 0 Å². The highest BCUT2D eigenvalue weighted by molar-refractivity contribution is 7.18. The lowest BCUT2D eigenvalue weighted by Gasteiger charge is -2.22. The third-order valence-corrected chi connectivity index (χ3v) is 4.54. The van der Waals surface area contributed by atoms with Crippen molar-refractivity contribution in [3.05, 3.63) is 45.1 Å². The Kier molecular flexibility index (Phi) is 2.99. The van der Waals surface area contributed by atoms with Crippen molar-refractivity contribution in [1.82, 2.24) is 0 Å². The second kappa shape index (κ2) is 4.54. The quantitative estimate of drug-likeness (QED) is 0.817. The number of nitrogens with two attached hydrogens (primary N) is 1. The fraction of sp³-hybridized carbons (Fsp3) is 0.214. The number of fused-ring (bicyclic) bond motifs is 1. The molecule has 0 bridgehead atoms. The van der Waals surface area contributed by atoms with E-state index in [-0.39, 0.29) is 11.9 Å². The van der Waals surface area contributed by atoms with Gasteiger partial charge in [-0.1, -0.05) is 11.6 Å². The number of carbonyl (C=O) groups is 1. The van der Waals surface area contributed by atoms with Crippen molar-refractivity contribution >= 4 is 40.2 Å². The van der Waals surface area contributed by atoms with Crippen molar-refractivity contribution in [2.24, 2.45) is 0 Å². The van der Waals surface area contributed by atoms with E-state index in [0.29, 0.717) is 9.21 Å². The normalized spacial score (nSPS) is 17.6. The zero-order valence-electron chi connectivity index (χ0n) is 10.4. The number of benzene rings is 1. The van der Waals surface area contributed by atoms with Gasteiger partial charge in [0.2, 0.25) is 0 Å². The molecule has 5 heteroatoms. The Morgan fingerprint density at radius 3 is 2.89 bits per heavy atom. The minimum Gasteiger partial charge on any atom is -0.399 e. The van der Waals surface area contributed by atoms with Crippen molar-refractivity contribution in [2.75, 3.05) is 10.6 Å². The van der Waals surface area contributed by atoms with Gasteiger partial charge in [0.1, 0.15) is 0 Å². The maximum absolute atomic E-state index is 12.6. The number of amides is 1. The molecule has 1 aromatic carbocycles. The Balaban J connectivity index is 2.00. The van der Waals surface area contributed by atoms with Crippen LogP contribution in [0.3, 0.4) is 0 Å². The molecule has 2 N–H and O–H groups in total. The summed E-state index contributed by atoms with van der Waals surface area (Å²) in [6.45, 7) is 2.04. The van der Waals surface area contributed by atoms with Gasteiger partial charge in [0, 0.05) is 17.4 Å². The summed E-state index contributed by atoms with van der Waals surface area (Å²) in [6.07, 6.45) is 0.839. The average molecular weight is 293 g/mol. The molecule has 0 aliphatic carbocycles. The summed E-state index contributed by atoms with van der Waals surface area (Å²) in [5.74, 6) is 0.00733. The number of thiophene rings is 1. The van der Waals surface area contributed by atoms with E-state index < -0.39 is 0 Å². The zero-order chi connectivity index (χ0) is 13.6. The molecule has 3 nitrogen and oxygen atoms in total. The summed E-state index contributed by atoms with van der Waals surface area (Å²) in [4.78, 5) is 15.1. The van der Waals surface area contributed by atoms with Gasteiger partial charge in [-0.25, -0.2) is 0 Å². The number of nitrogens with zero attached hydrogens (tertiary/aromatic N) is 1. The molecular weight excluding hydrogens is 280 g/mol. The Labute approximate surface area is 120 Å². The lowest BCUT2D eigenvalue weighted by molar-refractivity contribution is 0.0985. The molecule has 1 aromatic heterocycles. The van der Waals surface area contributed by atoms with Crippen LogP contribution in [-0.2, 0) is 6.42 Å². The van der Waals surface area contributed by atoms with Crippen LogP contribution in [0.4, 0.5) is 11.4 Å². The van der Waals surface area contributed by atoms with Crippen LogP contribution in [-0.4, -0.2) is 11.9 Å². The SMILES string of the molecule is CC1Cc2cc(N)ccc2N1C(=O)c1ccc(Cl)s1. The monoisotopic (exact) mass is 292 g/mol. The molecule has 0 spiro atoms. The lowest BCUT2D eigenvalue weighted by atomic mass is 10.1. The Morgan fingerprint density at radius 1 is 1.42 bits per heavy atom. The van der Waals surface area contributed by atoms with Gasteiger partial charge in [-0.15, -0.1) is 11.3 Å². The first-order chi connectivity index (χ1) is 9.06. The summed E-state index contributed by atoms with van der Waals surface area (Å²) in [6, 6.07) is 9.37. The predicted molar refractivity (Wildman–Crippen MR) is 80.2 cm³/mol. The molecule has 2 aromatic rings. The Bertz CT molecular complexity index is 653. The lowest BCUT2D eigenvalue weighted by Crippen LogP contribution is -2.35. The van der Waals surface area contributed by atoms with Crippen molar-refractivity contribution in [2.45, 2.75) is 19.4 Å². The highest BCUT2D eigenvalue weighted by atomic mass is 35.5. The van der Waals surface area contributed by atoms with E-state index in [1.807, 2.05) is 30.0 Å². The summed E-state index contributed by atoms with van der Waals surface area (Å²) >= 11 is 7.21. The third kappa shape index (κ3) is 2.11. The van der Waals surface area contributed by atoms with E-state index in [4.69, 9.17) is 17.3 Å². The summed E-state index contributed by atoms with van der Waals surface area (Å²) in [7, 11) is 0. The molecule has 98 valence electrons. The number of anilines is 2. The van der Waals surface area contributed by atoms with Crippen LogP contribution in [0.1, 0.15) is 22.2 Å².